The Morgan fingerprint density at radius 1 is 1.12 bits per heavy atom. The van der Waals surface area contributed by atoms with Gasteiger partial charge < -0.3 is 15.4 Å². The van der Waals surface area contributed by atoms with Gasteiger partial charge in [0.1, 0.15) is 11.6 Å². The second kappa shape index (κ2) is 9.65. The van der Waals surface area contributed by atoms with Crippen LogP contribution in [0.5, 0.6) is 0 Å². The van der Waals surface area contributed by atoms with E-state index in [9.17, 15) is 14.4 Å². The molecule has 7 heteroatoms. The average Bonchev–Trinajstić information content (AvgIpc) is 3.31. The standard InChI is InChI=1S/C26H29ClN2O4/c1-16(2)17-5-7-19(8-6-17)25(32)28-15-13-22(30)29-26-14-3-4-21(26)33-23(24(26)31)18-9-11-20(27)12-10-18/h5-12,16,21,23H,3-4,13-15H2,1-2H3,(H,28,32)(H,29,30). The van der Waals surface area contributed by atoms with Gasteiger partial charge in [0.15, 0.2) is 5.78 Å². The van der Waals surface area contributed by atoms with E-state index < -0.39 is 11.6 Å². The third kappa shape index (κ3) is 4.82. The predicted octanol–water partition coefficient (Wildman–Crippen LogP) is 4.33. The minimum atomic E-state index is -1.00. The first kappa shape index (κ1) is 23.5. The fourth-order valence-electron chi connectivity index (χ4n) is 4.69. The van der Waals surface area contributed by atoms with Crippen molar-refractivity contribution in [2.75, 3.05) is 6.54 Å². The maximum atomic E-state index is 13.3. The van der Waals surface area contributed by atoms with Crippen LogP contribution in [0.15, 0.2) is 48.5 Å². The number of Topliss-reactive ketones (excluding diaryl/α,β-unsaturated/α-hetero) is 1. The Balaban J connectivity index is 1.34. The maximum Gasteiger partial charge on any atom is 0.251 e. The van der Waals surface area contributed by atoms with Crippen LogP contribution in [-0.4, -0.2) is 35.8 Å². The van der Waals surface area contributed by atoms with E-state index >= 15 is 0 Å². The molecule has 2 amide bonds. The molecule has 2 aromatic carbocycles. The van der Waals surface area contributed by atoms with Gasteiger partial charge in [0.2, 0.25) is 5.91 Å². The minimum absolute atomic E-state index is 0.0865. The molecular formula is C26H29ClN2O4. The van der Waals surface area contributed by atoms with Gasteiger partial charge in [-0.1, -0.05) is 49.7 Å². The summed E-state index contributed by atoms with van der Waals surface area (Å²) in [4.78, 5) is 38.4. The van der Waals surface area contributed by atoms with Crippen LogP contribution in [0, 0.1) is 0 Å². The molecular weight excluding hydrogens is 440 g/mol. The van der Waals surface area contributed by atoms with Gasteiger partial charge in [0.05, 0.1) is 6.10 Å². The van der Waals surface area contributed by atoms with Crippen molar-refractivity contribution in [1.82, 2.24) is 10.6 Å². The first-order valence-corrected chi connectivity index (χ1v) is 11.8. The van der Waals surface area contributed by atoms with Gasteiger partial charge in [0.25, 0.3) is 5.91 Å². The summed E-state index contributed by atoms with van der Waals surface area (Å²) in [5, 5.41) is 6.33. The van der Waals surface area contributed by atoms with Gasteiger partial charge >= 0.3 is 0 Å². The Kier molecular flexibility index (Phi) is 6.86. The SMILES string of the molecule is CC(C)c1ccc(C(=O)NCCC(=O)NC23CCCC2OC(c2ccc(Cl)cc2)C3=O)cc1. The number of benzene rings is 2. The largest absolute Gasteiger partial charge is 0.359 e. The molecule has 2 aliphatic rings. The number of fused-ring (bicyclic) bond motifs is 1. The highest BCUT2D eigenvalue weighted by Gasteiger charge is 2.59. The molecule has 2 aromatic rings. The molecule has 1 aliphatic heterocycles. The zero-order valence-electron chi connectivity index (χ0n) is 18.9. The lowest BCUT2D eigenvalue weighted by molar-refractivity contribution is -0.131. The van der Waals surface area contributed by atoms with Gasteiger partial charge in [-0.05, 0) is 60.6 Å². The number of nitrogens with one attached hydrogen (secondary N) is 2. The number of carbonyl (C=O) groups excluding carboxylic acids is 3. The van der Waals surface area contributed by atoms with Crippen molar-refractivity contribution < 1.29 is 19.1 Å². The van der Waals surface area contributed by atoms with E-state index in [1.807, 2.05) is 12.1 Å². The highest BCUT2D eigenvalue weighted by molar-refractivity contribution is 6.30. The van der Waals surface area contributed by atoms with Gasteiger partial charge in [-0.3, -0.25) is 14.4 Å². The summed E-state index contributed by atoms with van der Waals surface area (Å²) in [7, 11) is 0. The number of rotatable bonds is 7. The number of ketones is 1. The topological polar surface area (TPSA) is 84.5 Å². The molecule has 174 valence electrons. The van der Waals surface area contributed by atoms with Gasteiger partial charge in [-0.25, -0.2) is 0 Å². The van der Waals surface area contributed by atoms with Crippen LogP contribution in [0.2, 0.25) is 5.02 Å². The number of carbonyl (C=O) groups is 3. The van der Waals surface area contributed by atoms with Crippen molar-refractivity contribution in [3.8, 4) is 0 Å². The number of hydrogen-bond acceptors (Lipinski definition) is 4. The molecule has 4 rings (SSSR count). The molecule has 0 spiro atoms. The molecule has 0 bridgehead atoms. The Morgan fingerprint density at radius 3 is 2.48 bits per heavy atom. The Bertz CT molecular complexity index is 1040. The lowest BCUT2D eigenvalue weighted by atomic mass is 9.87. The summed E-state index contributed by atoms with van der Waals surface area (Å²) in [6.45, 7) is 4.38. The smallest absolute Gasteiger partial charge is 0.251 e. The summed E-state index contributed by atoms with van der Waals surface area (Å²) >= 11 is 5.96. The normalized spacial score (nSPS) is 24.1. The van der Waals surface area contributed by atoms with E-state index in [2.05, 4.69) is 24.5 Å². The third-order valence-corrected chi connectivity index (χ3v) is 6.83. The second-order valence-electron chi connectivity index (χ2n) is 9.11. The first-order valence-electron chi connectivity index (χ1n) is 11.4. The van der Waals surface area contributed by atoms with Crippen molar-refractivity contribution in [1.29, 1.82) is 0 Å². The molecule has 2 fully saturated rings. The van der Waals surface area contributed by atoms with Crippen molar-refractivity contribution >= 4 is 29.2 Å². The number of ether oxygens (including phenoxy) is 1. The highest BCUT2D eigenvalue weighted by atomic mass is 35.5. The summed E-state index contributed by atoms with van der Waals surface area (Å²) in [6, 6.07) is 14.5. The van der Waals surface area contributed by atoms with Gasteiger partial charge in [-0.15, -0.1) is 0 Å². The van der Waals surface area contributed by atoms with Crippen LogP contribution in [0.25, 0.3) is 0 Å². The predicted molar refractivity (Wildman–Crippen MR) is 126 cm³/mol. The molecule has 1 saturated heterocycles. The number of halogens is 1. The zero-order chi connectivity index (χ0) is 23.6. The Labute approximate surface area is 199 Å². The minimum Gasteiger partial charge on any atom is -0.359 e. The summed E-state index contributed by atoms with van der Waals surface area (Å²) in [5.74, 6) is -0.217. The van der Waals surface area contributed by atoms with E-state index in [-0.39, 0.29) is 36.7 Å². The van der Waals surface area contributed by atoms with E-state index in [1.54, 1.807) is 36.4 Å². The molecule has 1 aliphatic carbocycles. The number of hydrogen-bond donors (Lipinski definition) is 2. The molecule has 3 unspecified atom stereocenters. The van der Waals surface area contributed by atoms with E-state index in [4.69, 9.17) is 16.3 Å². The van der Waals surface area contributed by atoms with Crippen molar-refractivity contribution in [3.05, 3.63) is 70.2 Å². The highest BCUT2D eigenvalue weighted by Crippen LogP contribution is 2.45. The average molecular weight is 469 g/mol. The first-order chi connectivity index (χ1) is 15.8. The Hall–Kier alpha value is -2.70. The molecule has 3 atom stereocenters. The third-order valence-electron chi connectivity index (χ3n) is 6.58. The zero-order valence-corrected chi connectivity index (χ0v) is 19.7. The van der Waals surface area contributed by atoms with E-state index in [0.717, 1.165) is 24.0 Å². The van der Waals surface area contributed by atoms with Crippen LogP contribution in [0.3, 0.4) is 0 Å². The van der Waals surface area contributed by atoms with Crippen LogP contribution < -0.4 is 10.6 Å². The molecule has 0 aromatic heterocycles. The molecule has 0 radical (unpaired) electrons. The molecule has 1 saturated carbocycles. The Morgan fingerprint density at radius 2 is 1.82 bits per heavy atom. The summed E-state index contributed by atoms with van der Waals surface area (Å²) in [5.41, 5.74) is 1.46. The summed E-state index contributed by atoms with van der Waals surface area (Å²) < 4.78 is 6.08. The molecule has 1 heterocycles. The van der Waals surface area contributed by atoms with Crippen LogP contribution in [0.4, 0.5) is 0 Å². The number of amides is 2. The quantitative estimate of drug-likeness (QED) is 0.633. The monoisotopic (exact) mass is 468 g/mol. The van der Waals surface area contributed by atoms with E-state index in [0.29, 0.717) is 22.9 Å². The molecule has 6 nitrogen and oxygen atoms in total. The fraction of sp³-hybridized carbons (Fsp3) is 0.423. The van der Waals surface area contributed by atoms with Crippen molar-refractivity contribution in [2.45, 2.75) is 63.2 Å². The summed E-state index contributed by atoms with van der Waals surface area (Å²) in [6.07, 6.45) is 1.13. The van der Waals surface area contributed by atoms with Crippen LogP contribution in [-0.2, 0) is 14.3 Å². The maximum absolute atomic E-state index is 13.3. The van der Waals surface area contributed by atoms with Crippen molar-refractivity contribution in [3.63, 3.8) is 0 Å². The molecule has 2 N–H and O–H groups in total. The lowest BCUT2D eigenvalue weighted by Gasteiger charge is -2.27. The lowest BCUT2D eigenvalue weighted by Crippen LogP contribution is -2.56. The van der Waals surface area contributed by atoms with Gasteiger partial charge in [-0.2, -0.15) is 0 Å². The van der Waals surface area contributed by atoms with Crippen LogP contribution >= 0.6 is 11.6 Å². The van der Waals surface area contributed by atoms with Crippen molar-refractivity contribution in [2.24, 2.45) is 0 Å². The fourth-order valence-corrected chi connectivity index (χ4v) is 4.82. The molecule has 33 heavy (non-hydrogen) atoms. The second-order valence-corrected chi connectivity index (χ2v) is 9.55. The van der Waals surface area contributed by atoms with Gasteiger partial charge in [0, 0.05) is 23.6 Å². The van der Waals surface area contributed by atoms with Crippen LogP contribution in [0.1, 0.15) is 73.0 Å². The van der Waals surface area contributed by atoms with E-state index in [1.165, 1.54) is 0 Å².